The SMILES string of the molecule is CCNC(=NCc1cccc(OCCCOC)c1)NCCN1CCCCC1. The highest BCUT2D eigenvalue weighted by molar-refractivity contribution is 5.79. The number of hydrogen-bond acceptors (Lipinski definition) is 4. The first-order valence-electron chi connectivity index (χ1n) is 10.3. The molecule has 0 bridgehead atoms. The summed E-state index contributed by atoms with van der Waals surface area (Å²) in [6.45, 7) is 9.44. The van der Waals surface area contributed by atoms with Gasteiger partial charge in [-0.05, 0) is 50.6 Å². The molecule has 1 aliphatic heterocycles. The van der Waals surface area contributed by atoms with Crippen LogP contribution in [0.15, 0.2) is 29.3 Å². The minimum atomic E-state index is 0.633. The Morgan fingerprint density at radius 3 is 2.78 bits per heavy atom. The molecule has 0 aliphatic carbocycles. The zero-order chi connectivity index (χ0) is 19.2. The predicted octanol–water partition coefficient (Wildman–Crippen LogP) is 2.64. The van der Waals surface area contributed by atoms with Crippen molar-refractivity contribution in [3.63, 3.8) is 0 Å². The molecule has 1 fully saturated rings. The summed E-state index contributed by atoms with van der Waals surface area (Å²) in [5, 5.41) is 6.78. The highest BCUT2D eigenvalue weighted by atomic mass is 16.5. The van der Waals surface area contributed by atoms with E-state index >= 15 is 0 Å². The molecule has 152 valence electrons. The van der Waals surface area contributed by atoms with Gasteiger partial charge in [0.2, 0.25) is 0 Å². The molecule has 1 saturated heterocycles. The van der Waals surface area contributed by atoms with Gasteiger partial charge in [-0.25, -0.2) is 4.99 Å². The molecule has 0 aromatic heterocycles. The van der Waals surface area contributed by atoms with Crippen LogP contribution >= 0.6 is 0 Å². The van der Waals surface area contributed by atoms with Crippen molar-refractivity contribution in [3.8, 4) is 5.75 Å². The van der Waals surface area contributed by atoms with Crippen molar-refractivity contribution >= 4 is 5.96 Å². The molecular formula is C21H36N4O2. The van der Waals surface area contributed by atoms with E-state index < -0.39 is 0 Å². The third-order valence-corrected chi connectivity index (χ3v) is 4.59. The van der Waals surface area contributed by atoms with E-state index in [0.29, 0.717) is 13.2 Å². The topological polar surface area (TPSA) is 58.1 Å². The van der Waals surface area contributed by atoms with Gasteiger partial charge in [-0.15, -0.1) is 0 Å². The van der Waals surface area contributed by atoms with Crippen LogP contribution in [-0.4, -0.2) is 63.9 Å². The summed E-state index contributed by atoms with van der Waals surface area (Å²) in [6, 6.07) is 8.16. The quantitative estimate of drug-likeness (QED) is 0.353. The molecule has 1 aromatic rings. The minimum Gasteiger partial charge on any atom is -0.493 e. The highest BCUT2D eigenvalue weighted by Crippen LogP contribution is 2.14. The van der Waals surface area contributed by atoms with Crippen molar-refractivity contribution in [1.82, 2.24) is 15.5 Å². The second-order valence-electron chi connectivity index (χ2n) is 6.87. The molecule has 6 nitrogen and oxygen atoms in total. The van der Waals surface area contributed by atoms with Crippen molar-refractivity contribution in [1.29, 1.82) is 0 Å². The molecule has 0 radical (unpaired) electrons. The van der Waals surface area contributed by atoms with E-state index in [2.05, 4.69) is 34.6 Å². The van der Waals surface area contributed by atoms with E-state index in [-0.39, 0.29) is 0 Å². The van der Waals surface area contributed by atoms with Gasteiger partial charge >= 0.3 is 0 Å². The second-order valence-corrected chi connectivity index (χ2v) is 6.87. The number of likely N-dealkylation sites (tertiary alicyclic amines) is 1. The lowest BCUT2D eigenvalue weighted by Gasteiger charge is -2.26. The van der Waals surface area contributed by atoms with Gasteiger partial charge in [0.05, 0.1) is 13.2 Å². The summed E-state index contributed by atoms with van der Waals surface area (Å²) in [5.41, 5.74) is 1.15. The van der Waals surface area contributed by atoms with E-state index in [0.717, 1.165) is 49.9 Å². The maximum atomic E-state index is 5.77. The first-order chi connectivity index (χ1) is 13.3. The van der Waals surface area contributed by atoms with E-state index in [4.69, 9.17) is 14.5 Å². The number of nitrogens with one attached hydrogen (secondary N) is 2. The standard InChI is InChI=1S/C21H36N4O2/c1-3-22-21(23-11-14-25-12-5-4-6-13-25)24-18-19-9-7-10-20(17-19)27-16-8-15-26-2/h7,9-10,17H,3-6,8,11-16,18H2,1-2H3,(H2,22,23,24). The number of piperidine rings is 1. The van der Waals surface area contributed by atoms with Crippen LogP contribution in [0.1, 0.15) is 38.2 Å². The Morgan fingerprint density at radius 1 is 1.15 bits per heavy atom. The third-order valence-electron chi connectivity index (χ3n) is 4.59. The number of methoxy groups -OCH3 is 1. The van der Waals surface area contributed by atoms with Crippen LogP contribution in [0.5, 0.6) is 5.75 Å². The Kier molecular flexibility index (Phi) is 10.7. The fourth-order valence-electron chi connectivity index (χ4n) is 3.15. The number of nitrogens with zero attached hydrogens (tertiary/aromatic N) is 2. The van der Waals surface area contributed by atoms with Crippen molar-refractivity contribution in [3.05, 3.63) is 29.8 Å². The average Bonchev–Trinajstić information content (AvgIpc) is 2.70. The van der Waals surface area contributed by atoms with Crippen molar-refractivity contribution in [2.45, 2.75) is 39.2 Å². The summed E-state index contributed by atoms with van der Waals surface area (Å²) < 4.78 is 10.8. The lowest BCUT2D eigenvalue weighted by molar-refractivity contribution is 0.172. The lowest BCUT2D eigenvalue weighted by atomic mass is 10.1. The van der Waals surface area contributed by atoms with Gasteiger partial charge in [0.15, 0.2) is 5.96 Å². The first-order valence-corrected chi connectivity index (χ1v) is 10.3. The highest BCUT2D eigenvalue weighted by Gasteiger charge is 2.09. The minimum absolute atomic E-state index is 0.633. The van der Waals surface area contributed by atoms with Crippen LogP contribution in [0.3, 0.4) is 0 Å². The van der Waals surface area contributed by atoms with E-state index in [1.54, 1.807) is 7.11 Å². The van der Waals surface area contributed by atoms with Crippen molar-refractivity contribution in [2.24, 2.45) is 4.99 Å². The number of ether oxygens (including phenoxy) is 2. The van der Waals surface area contributed by atoms with Gasteiger partial charge in [-0.3, -0.25) is 0 Å². The van der Waals surface area contributed by atoms with Crippen LogP contribution < -0.4 is 15.4 Å². The van der Waals surface area contributed by atoms with Crippen molar-refractivity contribution < 1.29 is 9.47 Å². The Hall–Kier alpha value is -1.79. The zero-order valence-electron chi connectivity index (χ0n) is 17.0. The largest absolute Gasteiger partial charge is 0.493 e. The third kappa shape index (κ3) is 9.11. The predicted molar refractivity (Wildman–Crippen MR) is 112 cm³/mol. The molecule has 6 heteroatoms. The van der Waals surface area contributed by atoms with Crippen LogP contribution in [-0.2, 0) is 11.3 Å². The molecule has 0 saturated carbocycles. The number of rotatable bonds is 11. The van der Waals surface area contributed by atoms with Crippen LogP contribution in [0.2, 0.25) is 0 Å². The van der Waals surface area contributed by atoms with E-state index in [1.807, 2.05) is 12.1 Å². The molecule has 0 atom stereocenters. The second kappa shape index (κ2) is 13.4. The molecule has 0 amide bonds. The smallest absolute Gasteiger partial charge is 0.191 e. The average molecular weight is 377 g/mol. The summed E-state index contributed by atoms with van der Waals surface area (Å²) in [6.07, 6.45) is 4.93. The molecule has 0 spiro atoms. The molecule has 1 aromatic carbocycles. The first kappa shape index (κ1) is 21.5. The molecule has 0 unspecified atom stereocenters. The Balaban J connectivity index is 1.78. The summed E-state index contributed by atoms with van der Waals surface area (Å²) >= 11 is 0. The zero-order valence-corrected chi connectivity index (χ0v) is 17.0. The summed E-state index contributed by atoms with van der Waals surface area (Å²) in [5.74, 6) is 1.77. The fourth-order valence-corrected chi connectivity index (χ4v) is 3.15. The number of guanidine groups is 1. The van der Waals surface area contributed by atoms with Gasteiger partial charge in [-0.2, -0.15) is 0 Å². The lowest BCUT2D eigenvalue weighted by Crippen LogP contribution is -2.42. The molecule has 2 N–H and O–H groups in total. The maximum absolute atomic E-state index is 5.77. The normalized spacial score (nSPS) is 15.6. The van der Waals surface area contributed by atoms with Crippen LogP contribution in [0, 0.1) is 0 Å². The van der Waals surface area contributed by atoms with Crippen molar-refractivity contribution in [2.75, 3.05) is 53.0 Å². The fraction of sp³-hybridized carbons (Fsp3) is 0.667. The number of aliphatic imine (C=N–C) groups is 1. The number of benzene rings is 1. The van der Waals surface area contributed by atoms with Gasteiger partial charge in [0.1, 0.15) is 5.75 Å². The van der Waals surface area contributed by atoms with E-state index in [1.165, 1.54) is 32.4 Å². The maximum Gasteiger partial charge on any atom is 0.191 e. The summed E-state index contributed by atoms with van der Waals surface area (Å²) in [4.78, 5) is 7.25. The Labute approximate surface area is 164 Å². The monoisotopic (exact) mass is 376 g/mol. The van der Waals surface area contributed by atoms with Gasteiger partial charge in [-0.1, -0.05) is 18.6 Å². The number of hydrogen-bond donors (Lipinski definition) is 2. The van der Waals surface area contributed by atoms with Gasteiger partial charge < -0.3 is 25.0 Å². The Bertz CT molecular complexity index is 545. The molecule has 2 rings (SSSR count). The van der Waals surface area contributed by atoms with Gasteiger partial charge in [0, 0.05) is 39.8 Å². The van der Waals surface area contributed by atoms with E-state index in [9.17, 15) is 0 Å². The molecule has 1 heterocycles. The van der Waals surface area contributed by atoms with Crippen LogP contribution in [0.4, 0.5) is 0 Å². The molecule has 1 aliphatic rings. The van der Waals surface area contributed by atoms with Gasteiger partial charge in [0.25, 0.3) is 0 Å². The molecular weight excluding hydrogens is 340 g/mol. The summed E-state index contributed by atoms with van der Waals surface area (Å²) in [7, 11) is 1.71. The molecule has 27 heavy (non-hydrogen) atoms. The Morgan fingerprint density at radius 2 is 2.00 bits per heavy atom. The van der Waals surface area contributed by atoms with Crippen LogP contribution in [0.25, 0.3) is 0 Å².